The molecule has 2 heterocycles. The summed E-state index contributed by atoms with van der Waals surface area (Å²) in [6.07, 6.45) is -0.922. The predicted octanol–water partition coefficient (Wildman–Crippen LogP) is 4.12. The lowest BCUT2D eigenvalue weighted by Crippen LogP contribution is -2.28. The summed E-state index contributed by atoms with van der Waals surface area (Å²) in [5.74, 6) is 0.766. The molecule has 118 valence electrons. The molecular weight excluding hydrogens is 334 g/mol. The molecule has 3 aromatic rings. The van der Waals surface area contributed by atoms with Crippen molar-refractivity contribution < 1.29 is 14.3 Å². The molecular formula is C17H14ClNO3S. The highest BCUT2D eigenvalue weighted by Crippen LogP contribution is 2.26. The van der Waals surface area contributed by atoms with E-state index in [-0.39, 0.29) is 12.5 Å². The molecule has 0 aliphatic carbocycles. The zero-order valence-electron chi connectivity index (χ0n) is 12.0. The highest BCUT2D eigenvalue weighted by molar-refractivity contribution is 7.08. The number of hydrogen-bond donors (Lipinski definition) is 2. The first-order chi connectivity index (χ1) is 11.1. The summed E-state index contributed by atoms with van der Waals surface area (Å²) in [5.41, 5.74) is 1.34. The van der Waals surface area contributed by atoms with Crippen molar-refractivity contribution >= 4 is 28.8 Å². The fraction of sp³-hybridized carbons (Fsp3) is 0.118. The lowest BCUT2D eigenvalue weighted by molar-refractivity contribution is 0.0902. The first kappa shape index (κ1) is 15.8. The van der Waals surface area contributed by atoms with Crippen molar-refractivity contribution in [1.82, 2.24) is 5.32 Å². The van der Waals surface area contributed by atoms with Gasteiger partial charge < -0.3 is 14.8 Å². The molecule has 4 nitrogen and oxygen atoms in total. The van der Waals surface area contributed by atoms with Crippen molar-refractivity contribution in [2.45, 2.75) is 6.10 Å². The second kappa shape index (κ2) is 7.00. The number of carbonyl (C=O) groups excluding carboxylic acids is 1. The van der Waals surface area contributed by atoms with Gasteiger partial charge in [-0.3, -0.25) is 4.79 Å². The van der Waals surface area contributed by atoms with Gasteiger partial charge in [-0.05, 0) is 35.7 Å². The number of halogens is 1. The number of furan rings is 1. The molecule has 0 aliphatic rings. The molecule has 0 aliphatic heterocycles. The summed E-state index contributed by atoms with van der Waals surface area (Å²) < 4.78 is 5.63. The molecule has 0 saturated heterocycles. The maximum atomic E-state index is 12.1. The number of amides is 1. The van der Waals surface area contributed by atoms with Crippen LogP contribution in [0.3, 0.4) is 0 Å². The Labute approximate surface area is 142 Å². The third-order valence-electron chi connectivity index (χ3n) is 3.34. The van der Waals surface area contributed by atoms with Crippen LogP contribution in [-0.2, 0) is 0 Å². The topological polar surface area (TPSA) is 62.5 Å². The minimum atomic E-state index is -0.922. The van der Waals surface area contributed by atoms with Crippen molar-refractivity contribution in [3.8, 4) is 11.3 Å². The van der Waals surface area contributed by atoms with Gasteiger partial charge in [-0.2, -0.15) is 11.3 Å². The molecule has 0 bridgehead atoms. The zero-order chi connectivity index (χ0) is 16.2. The lowest BCUT2D eigenvalue weighted by Gasteiger charge is -2.10. The summed E-state index contributed by atoms with van der Waals surface area (Å²) in [6.45, 7) is 0.0423. The van der Waals surface area contributed by atoms with Gasteiger partial charge in [-0.15, -0.1) is 0 Å². The van der Waals surface area contributed by atoms with Crippen molar-refractivity contribution in [3.05, 3.63) is 69.6 Å². The van der Waals surface area contributed by atoms with E-state index >= 15 is 0 Å². The Morgan fingerprint density at radius 3 is 2.83 bits per heavy atom. The lowest BCUT2D eigenvalue weighted by atomic mass is 10.2. The molecule has 0 fully saturated rings. The number of hydrogen-bond acceptors (Lipinski definition) is 4. The van der Waals surface area contributed by atoms with Crippen LogP contribution in [0.2, 0.25) is 5.02 Å². The van der Waals surface area contributed by atoms with Crippen molar-refractivity contribution in [2.75, 3.05) is 6.54 Å². The number of nitrogens with one attached hydrogen (secondary N) is 1. The van der Waals surface area contributed by atoms with Gasteiger partial charge in [0, 0.05) is 10.9 Å². The highest BCUT2D eigenvalue weighted by atomic mass is 35.5. The first-order valence-electron chi connectivity index (χ1n) is 6.98. The van der Waals surface area contributed by atoms with Crippen LogP contribution < -0.4 is 5.32 Å². The number of benzene rings is 1. The smallest absolute Gasteiger partial charge is 0.252 e. The van der Waals surface area contributed by atoms with Gasteiger partial charge in [0.2, 0.25) is 0 Å². The Hall–Kier alpha value is -2.08. The number of aliphatic hydroxyl groups excluding tert-OH is 1. The Balaban J connectivity index is 1.62. The molecule has 0 spiro atoms. The standard InChI is InChI=1S/C17H14ClNO3S/c18-13-4-2-1-3-12(13)17(21)19-9-14(20)16-6-5-15(22-16)11-7-8-23-10-11/h1-8,10,14,20H,9H2,(H,19,21). The van der Waals surface area contributed by atoms with E-state index in [0.717, 1.165) is 5.56 Å². The van der Waals surface area contributed by atoms with Crippen LogP contribution in [0.25, 0.3) is 11.3 Å². The second-order valence-corrected chi connectivity index (χ2v) is 6.11. The van der Waals surface area contributed by atoms with E-state index in [1.165, 1.54) is 0 Å². The predicted molar refractivity (Wildman–Crippen MR) is 90.8 cm³/mol. The molecule has 2 aromatic heterocycles. The average Bonchev–Trinajstić information content (AvgIpc) is 3.23. The molecule has 6 heteroatoms. The minimum absolute atomic E-state index is 0.0423. The van der Waals surface area contributed by atoms with Crippen LogP contribution in [0.5, 0.6) is 0 Å². The number of thiophene rings is 1. The van der Waals surface area contributed by atoms with Crippen molar-refractivity contribution in [3.63, 3.8) is 0 Å². The van der Waals surface area contributed by atoms with Crippen LogP contribution >= 0.6 is 22.9 Å². The molecule has 0 radical (unpaired) electrons. The number of carbonyl (C=O) groups is 1. The van der Waals surface area contributed by atoms with E-state index < -0.39 is 6.10 Å². The van der Waals surface area contributed by atoms with Gasteiger partial charge in [-0.25, -0.2) is 0 Å². The molecule has 1 unspecified atom stereocenters. The van der Waals surface area contributed by atoms with Gasteiger partial charge >= 0.3 is 0 Å². The van der Waals surface area contributed by atoms with Gasteiger partial charge in [0.15, 0.2) is 0 Å². The van der Waals surface area contributed by atoms with E-state index in [0.29, 0.717) is 22.1 Å². The van der Waals surface area contributed by atoms with Crippen molar-refractivity contribution in [1.29, 1.82) is 0 Å². The normalized spacial score (nSPS) is 12.1. The number of aliphatic hydroxyl groups is 1. The summed E-state index contributed by atoms with van der Waals surface area (Å²) in [6, 6.07) is 12.2. The molecule has 2 N–H and O–H groups in total. The Bertz CT molecular complexity index is 798. The largest absolute Gasteiger partial charge is 0.458 e. The van der Waals surface area contributed by atoms with Crippen LogP contribution in [0.4, 0.5) is 0 Å². The quantitative estimate of drug-likeness (QED) is 0.729. The fourth-order valence-corrected chi connectivity index (χ4v) is 2.99. The molecule has 1 atom stereocenters. The molecule has 23 heavy (non-hydrogen) atoms. The van der Waals surface area contributed by atoms with E-state index in [2.05, 4.69) is 5.32 Å². The second-order valence-electron chi connectivity index (χ2n) is 4.92. The summed E-state index contributed by atoms with van der Waals surface area (Å²) >= 11 is 7.54. The van der Waals surface area contributed by atoms with Gasteiger partial charge in [0.1, 0.15) is 17.6 Å². The van der Waals surface area contributed by atoms with Crippen LogP contribution in [0, 0.1) is 0 Å². The maximum Gasteiger partial charge on any atom is 0.252 e. The monoisotopic (exact) mass is 347 g/mol. The summed E-state index contributed by atoms with van der Waals surface area (Å²) in [7, 11) is 0. The Morgan fingerprint density at radius 1 is 1.26 bits per heavy atom. The van der Waals surface area contributed by atoms with E-state index in [1.807, 2.05) is 16.8 Å². The van der Waals surface area contributed by atoms with Crippen molar-refractivity contribution in [2.24, 2.45) is 0 Å². The van der Waals surface area contributed by atoms with E-state index in [1.54, 1.807) is 47.7 Å². The van der Waals surface area contributed by atoms with Crippen LogP contribution in [0.1, 0.15) is 22.2 Å². The SMILES string of the molecule is O=C(NCC(O)c1ccc(-c2ccsc2)o1)c1ccccc1Cl. The van der Waals surface area contributed by atoms with Crippen LogP contribution in [0.15, 0.2) is 57.6 Å². The summed E-state index contributed by atoms with van der Waals surface area (Å²) in [5, 5.41) is 17.1. The minimum Gasteiger partial charge on any atom is -0.458 e. The third-order valence-corrected chi connectivity index (χ3v) is 4.35. The van der Waals surface area contributed by atoms with Gasteiger partial charge in [0.05, 0.1) is 17.1 Å². The molecule has 1 amide bonds. The molecule has 3 rings (SSSR count). The number of rotatable bonds is 5. The Kier molecular flexibility index (Phi) is 4.81. The first-order valence-corrected chi connectivity index (χ1v) is 8.30. The Morgan fingerprint density at radius 2 is 2.09 bits per heavy atom. The van der Waals surface area contributed by atoms with E-state index in [4.69, 9.17) is 16.0 Å². The van der Waals surface area contributed by atoms with Gasteiger partial charge in [0.25, 0.3) is 5.91 Å². The fourth-order valence-electron chi connectivity index (χ4n) is 2.12. The molecule has 1 aromatic carbocycles. The zero-order valence-corrected chi connectivity index (χ0v) is 13.6. The average molecular weight is 348 g/mol. The van der Waals surface area contributed by atoms with Gasteiger partial charge in [-0.1, -0.05) is 23.7 Å². The van der Waals surface area contributed by atoms with Crippen LogP contribution in [-0.4, -0.2) is 17.6 Å². The molecule has 0 saturated carbocycles. The third kappa shape index (κ3) is 3.64. The highest BCUT2D eigenvalue weighted by Gasteiger charge is 2.16. The summed E-state index contributed by atoms with van der Waals surface area (Å²) in [4.78, 5) is 12.1. The van der Waals surface area contributed by atoms with E-state index in [9.17, 15) is 9.90 Å². The maximum absolute atomic E-state index is 12.1.